The number of carbonyl (C=O) groups is 2. The minimum absolute atomic E-state index is 0.0401. The molecule has 2 aliphatic rings. The average molecular weight is 284 g/mol. The molecule has 0 spiro atoms. The Hall–Kier alpha value is -1.30. The van der Waals surface area contributed by atoms with Gasteiger partial charge in [-0.3, -0.25) is 9.69 Å². The third kappa shape index (κ3) is 3.06. The highest BCUT2D eigenvalue weighted by Crippen LogP contribution is 2.30. The van der Waals surface area contributed by atoms with Crippen LogP contribution in [0.2, 0.25) is 0 Å². The summed E-state index contributed by atoms with van der Waals surface area (Å²) in [6.45, 7) is 9.57. The zero-order valence-corrected chi connectivity index (χ0v) is 12.6. The third-order valence-corrected chi connectivity index (χ3v) is 4.10. The van der Waals surface area contributed by atoms with E-state index in [2.05, 4.69) is 4.90 Å². The summed E-state index contributed by atoms with van der Waals surface area (Å²) in [6, 6.07) is 0.306. The molecule has 6 nitrogen and oxygen atoms in total. The monoisotopic (exact) mass is 284 g/mol. The zero-order chi connectivity index (χ0) is 15.1. The van der Waals surface area contributed by atoms with E-state index in [4.69, 9.17) is 9.84 Å². The van der Waals surface area contributed by atoms with E-state index in [0.29, 0.717) is 19.5 Å². The molecule has 0 aromatic carbocycles. The summed E-state index contributed by atoms with van der Waals surface area (Å²) in [7, 11) is 0. The molecule has 1 N–H and O–H groups in total. The topological polar surface area (TPSA) is 70.1 Å². The maximum Gasteiger partial charge on any atom is 0.410 e. The first-order valence-electron chi connectivity index (χ1n) is 7.15. The summed E-state index contributed by atoms with van der Waals surface area (Å²) in [5.41, 5.74) is -0.475. The summed E-state index contributed by atoms with van der Waals surface area (Å²) in [5, 5.41) is 9.13. The van der Waals surface area contributed by atoms with E-state index in [9.17, 15) is 9.59 Å². The predicted molar refractivity (Wildman–Crippen MR) is 73.5 cm³/mol. The molecule has 0 aliphatic carbocycles. The number of nitrogens with zero attached hydrogens (tertiary/aromatic N) is 2. The lowest BCUT2D eigenvalue weighted by atomic mass is 10.0. The summed E-state index contributed by atoms with van der Waals surface area (Å²) < 4.78 is 5.31. The molecule has 0 aromatic rings. The van der Waals surface area contributed by atoms with Gasteiger partial charge in [0, 0.05) is 25.2 Å². The molecule has 6 heteroatoms. The minimum atomic E-state index is -0.719. The fourth-order valence-corrected chi connectivity index (χ4v) is 2.95. The smallest absolute Gasteiger partial charge is 0.410 e. The van der Waals surface area contributed by atoms with Crippen LogP contribution in [-0.4, -0.2) is 64.3 Å². The first kappa shape index (κ1) is 15.1. The molecular weight excluding hydrogens is 260 g/mol. The van der Waals surface area contributed by atoms with Crippen molar-refractivity contribution >= 4 is 12.1 Å². The highest BCUT2D eigenvalue weighted by molar-refractivity contribution is 5.71. The van der Waals surface area contributed by atoms with Crippen LogP contribution in [0.3, 0.4) is 0 Å². The SMILES string of the molecule is CC1C(C(=O)O)CCN1C1CN(C(=O)OC(C)(C)C)C1. The largest absolute Gasteiger partial charge is 0.481 e. The van der Waals surface area contributed by atoms with Crippen molar-refractivity contribution in [3.05, 3.63) is 0 Å². The Morgan fingerprint density at radius 2 is 1.85 bits per heavy atom. The Labute approximate surface area is 119 Å². The van der Waals surface area contributed by atoms with Crippen LogP contribution in [0.1, 0.15) is 34.1 Å². The van der Waals surface area contributed by atoms with Crippen LogP contribution in [0.15, 0.2) is 0 Å². The molecule has 114 valence electrons. The van der Waals surface area contributed by atoms with Gasteiger partial charge in [0.2, 0.25) is 0 Å². The minimum Gasteiger partial charge on any atom is -0.481 e. The summed E-state index contributed by atoms with van der Waals surface area (Å²) in [4.78, 5) is 26.8. The molecule has 0 radical (unpaired) electrons. The molecule has 2 saturated heterocycles. The van der Waals surface area contributed by atoms with Crippen molar-refractivity contribution in [2.75, 3.05) is 19.6 Å². The first-order chi connectivity index (χ1) is 9.19. The number of ether oxygens (including phenoxy) is 1. The third-order valence-electron chi connectivity index (χ3n) is 4.10. The molecule has 0 saturated carbocycles. The van der Waals surface area contributed by atoms with E-state index in [1.807, 2.05) is 27.7 Å². The van der Waals surface area contributed by atoms with Crippen LogP contribution in [0, 0.1) is 5.92 Å². The van der Waals surface area contributed by atoms with E-state index in [-0.39, 0.29) is 24.1 Å². The second kappa shape index (κ2) is 5.24. The quantitative estimate of drug-likeness (QED) is 0.830. The van der Waals surface area contributed by atoms with Crippen molar-refractivity contribution in [3.63, 3.8) is 0 Å². The molecule has 2 rings (SSSR count). The fraction of sp³-hybridized carbons (Fsp3) is 0.857. The normalized spacial score (nSPS) is 28.3. The van der Waals surface area contributed by atoms with Gasteiger partial charge in [-0.1, -0.05) is 0 Å². The zero-order valence-electron chi connectivity index (χ0n) is 12.6. The first-order valence-corrected chi connectivity index (χ1v) is 7.15. The second-order valence-electron chi connectivity index (χ2n) is 6.75. The van der Waals surface area contributed by atoms with Gasteiger partial charge in [-0.05, 0) is 40.7 Å². The number of carboxylic acids is 1. The Morgan fingerprint density at radius 1 is 1.25 bits per heavy atom. The van der Waals surface area contributed by atoms with Crippen molar-refractivity contribution in [1.82, 2.24) is 9.80 Å². The van der Waals surface area contributed by atoms with Crippen LogP contribution in [0.4, 0.5) is 4.79 Å². The van der Waals surface area contributed by atoms with Gasteiger partial charge >= 0.3 is 12.1 Å². The Kier molecular flexibility index (Phi) is 3.95. The summed E-state index contributed by atoms with van der Waals surface area (Å²) >= 11 is 0. The van der Waals surface area contributed by atoms with Crippen LogP contribution in [0.5, 0.6) is 0 Å². The standard InChI is InChI=1S/C14H24N2O4/c1-9-11(12(17)18)5-6-16(9)10-7-15(8-10)13(19)20-14(2,3)4/h9-11H,5-8H2,1-4H3,(H,17,18). The van der Waals surface area contributed by atoms with Crippen molar-refractivity contribution in [3.8, 4) is 0 Å². The highest BCUT2D eigenvalue weighted by atomic mass is 16.6. The van der Waals surface area contributed by atoms with Gasteiger partial charge in [0.25, 0.3) is 0 Å². The van der Waals surface area contributed by atoms with Gasteiger partial charge in [-0.15, -0.1) is 0 Å². The van der Waals surface area contributed by atoms with Crippen LogP contribution in [-0.2, 0) is 9.53 Å². The number of rotatable bonds is 2. The van der Waals surface area contributed by atoms with Crippen molar-refractivity contribution in [2.24, 2.45) is 5.92 Å². The molecule has 2 fully saturated rings. The second-order valence-corrected chi connectivity index (χ2v) is 6.75. The molecular formula is C14H24N2O4. The number of aliphatic carboxylic acids is 1. The number of likely N-dealkylation sites (tertiary alicyclic amines) is 2. The van der Waals surface area contributed by atoms with Gasteiger partial charge in [-0.25, -0.2) is 4.79 Å². The number of amides is 1. The van der Waals surface area contributed by atoms with Crippen molar-refractivity contribution in [2.45, 2.75) is 51.8 Å². The molecule has 1 amide bonds. The van der Waals surface area contributed by atoms with Gasteiger partial charge in [-0.2, -0.15) is 0 Å². The van der Waals surface area contributed by atoms with Crippen LogP contribution in [0.25, 0.3) is 0 Å². The Bertz CT molecular complexity index is 398. The number of carbonyl (C=O) groups excluding carboxylic acids is 1. The lowest BCUT2D eigenvalue weighted by molar-refractivity contribution is -0.142. The van der Waals surface area contributed by atoms with Crippen molar-refractivity contribution < 1.29 is 19.4 Å². The molecule has 2 atom stereocenters. The van der Waals surface area contributed by atoms with Gasteiger partial charge < -0.3 is 14.7 Å². The molecule has 0 bridgehead atoms. The summed E-state index contributed by atoms with van der Waals surface area (Å²) in [5.74, 6) is -1.01. The molecule has 2 aliphatic heterocycles. The van der Waals surface area contributed by atoms with Crippen molar-refractivity contribution in [1.29, 1.82) is 0 Å². The van der Waals surface area contributed by atoms with Gasteiger partial charge in [0.15, 0.2) is 0 Å². The maximum atomic E-state index is 11.8. The van der Waals surface area contributed by atoms with E-state index in [0.717, 1.165) is 6.54 Å². The fourth-order valence-electron chi connectivity index (χ4n) is 2.95. The number of hydrogen-bond acceptors (Lipinski definition) is 4. The van der Waals surface area contributed by atoms with Gasteiger partial charge in [0.1, 0.15) is 5.60 Å². The highest BCUT2D eigenvalue weighted by Gasteiger charge is 2.44. The number of hydrogen-bond donors (Lipinski definition) is 1. The molecule has 2 unspecified atom stereocenters. The average Bonchev–Trinajstić information content (AvgIpc) is 2.55. The van der Waals surface area contributed by atoms with E-state index >= 15 is 0 Å². The summed E-state index contributed by atoms with van der Waals surface area (Å²) in [6.07, 6.45) is 0.412. The Morgan fingerprint density at radius 3 is 2.30 bits per heavy atom. The van der Waals surface area contributed by atoms with E-state index < -0.39 is 11.6 Å². The molecule has 20 heavy (non-hydrogen) atoms. The van der Waals surface area contributed by atoms with E-state index in [1.165, 1.54) is 0 Å². The molecule has 2 heterocycles. The lowest BCUT2D eigenvalue weighted by Crippen LogP contribution is -2.62. The number of carboxylic acid groups (broad SMARTS) is 1. The molecule has 0 aromatic heterocycles. The lowest BCUT2D eigenvalue weighted by Gasteiger charge is -2.45. The van der Waals surface area contributed by atoms with Gasteiger partial charge in [0.05, 0.1) is 5.92 Å². The maximum absolute atomic E-state index is 11.8. The van der Waals surface area contributed by atoms with E-state index in [1.54, 1.807) is 4.90 Å². The van der Waals surface area contributed by atoms with Crippen LogP contribution < -0.4 is 0 Å². The van der Waals surface area contributed by atoms with Crippen LogP contribution >= 0.6 is 0 Å². The predicted octanol–water partition coefficient (Wildman–Crippen LogP) is 1.40. The Balaban J connectivity index is 1.82.